The Bertz CT molecular complexity index is 1800. The lowest BCUT2D eigenvalue weighted by molar-refractivity contribution is -0.145. The third kappa shape index (κ3) is 7.93. The third-order valence-corrected chi connectivity index (χ3v) is 9.25. The summed E-state index contributed by atoms with van der Waals surface area (Å²) in [6.45, 7) is 5.27. The number of hydrogen-bond donors (Lipinski definition) is 3. The van der Waals surface area contributed by atoms with Crippen LogP contribution in [0.2, 0.25) is 0 Å². The Kier molecular flexibility index (Phi) is 9.85. The molecule has 1 saturated heterocycles. The number of amides is 3. The number of nitrogens with zero attached hydrogens (tertiary/aromatic N) is 5. The van der Waals surface area contributed by atoms with Crippen molar-refractivity contribution in [2.45, 2.75) is 88.6 Å². The SMILES string of the molecule is CC(C)(C)OC(=O)N[C@H]1CCCC/C=C\[C@@H]2C[C@@]2(C(=O)O)NC(=O)[C@@H]2C[C@@H](n3nnc(-c4cccc(/C=C/c5ccccc5)c4)n3)CN2C1=O. The van der Waals surface area contributed by atoms with E-state index in [1.165, 1.54) is 9.70 Å². The molecular formula is C37H43N7O6. The molecule has 6 rings (SSSR count). The van der Waals surface area contributed by atoms with E-state index in [-0.39, 0.29) is 25.3 Å². The summed E-state index contributed by atoms with van der Waals surface area (Å²) in [6, 6.07) is 15.2. The number of aromatic nitrogens is 4. The van der Waals surface area contributed by atoms with Crippen LogP contribution >= 0.6 is 0 Å². The van der Waals surface area contributed by atoms with Gasteiger partial charge in [0.15, 0.2) is 0 Å². The number of aliphatic carboxylic acids is 1. The van der Waals surface area contributed by atoms with E-state index in [9.17, 15) is 24.3 Å². The van der Waals surface area contributed by atoms with Gasteiger partial charge < -0.3 is 25.4 Å². The summed E-state index contributed by atoms with van der Waals surface area (Å²) in [5, 5.41) is 28.9. The molecule has 1 saturated carbocycles. The summed E-state index contributed by atoms with van der Waals surface area (Å²) in [4.78, 5) is 56.2. The highest BCUT2D eigenvalue weighted by Gasteiger charge is 2.61. The maximum atomic E-state index is 14.2. The first-order valence-electron chi connectivity index (χ1n) is 17.1. The maximum absolute atomic E-state index is 14.2. The Hall–Kier alpha value is -5.33. The van der Waals surface area contributed by atoms with Gasteiger partial charge in [-0.1, -0.05) is 79.3 Å². The average Bonchev–Trinajstić information content (AvgIpc) is 3.38. The zero-order chi connectivity index (χ0) is 35.5. The van der Waals surface area contributed by atoms with Gasteiger partial charge in [-0.25, -0.2) is 9.59 Å². The number of hydrogen-bond acceptors (Lipinski definition) is 8. The quantitative estimate of drug-likeness (QED) is 0.248. The molecule has 0 radical (unpaired) electrons. The fourth-order valence-electron chi connectivity index (χ4n) is 6.55. The third-order valence-electron chi connectivity index (χ3n) is 9.25. The summed E-state index contributed by atoms with van der Waals surface area (Å²) in [6.07, 6.45) is 9.82. The highest BCUT2D eigenvalue weighted by Crippen LogP contribution is 2.45. The molecule has 3 N–H and O–H groups in total. The largest absolute Gasteiger partial charge is 0.479 e. The molecule has 3 heterocycles. The van der Waals surface area contributed by atoms with Crippen LogP contribution in [0.25, 0.3) is 23.5 Å². The van der Waals surface area contributed by atoms with Crippen molar-refractivity contribution in [3.05, 3.63) is 77.9 Å². The summed E-state index contributed by atoms with van der Waals surface area (Å²) in [5.74, 6) is -2.11. The van der Waals surface area contributed by atoms with Crippen molar-refractivity contribution < 1.29 is 29.0 Å². The number of alkyl carbamates (subject to hydrolysis) is 1. The molecule has 262 valence electrons. The lowest BCUT2D eigenvalue weighted by Gasteiger charge is -2.30. The average molecular weight is 682 g/mol. The van der Waals surface area contributed by atoms with Crippen LogP contribution in [-0.4, -0.2) is 83.9 Å². The Morgan fingerprint density at radius 3 is 2.58 bits per heavy atom. The highest BCUT2D eigenvalue weighted by atomic mass is 16.6. The van der Waals surface area contributed by atoms with Crippen LogP contribution in [-0.2, 0) is 19.1 Å². The Labute approximate surface area is 290 Å². The van der Waals surface area contributed by atoms with Crippen molar-refractivity contribution in [1.29, 1.82) is 0 Å². The lowest BCUT2D eigenvalue weighted by Crippen LogP contribution is -2.56. The van der Waals surface area contributed by atoms with Gasteiger partial charge in [0.25, 0.3) is 0 Å². The molecular weight excluding hydrogens is 638 g/mol. The molecule has 2 fully saturated rings. The fraction of sp³-hybridized carbons (Fsp3) is 0.432. The van der Waals surface area contributed by atoms with Gasteiger partial charge in [-0.05, 0) is 68.9 Å². The second-order valence-corrected chi connectivity index (χ2v) is 14.2. The second-order valence-electron chi connectivity index (χ2n) is 14.2. The molecule has 0 unspecified atom stereocenters. The van der Waals surface area contributed by atoms with E-state index in [1.807, 2.05) is 78.9 Å². The van der Waals surface area contributed by atoms with Crippen molar-refractivity contribution in [2.75, 3.05) is 6.54 Å². The minimum Gasteiger partial charge on any atom is -0.479 e. The van der Waals surface area contributed by atoms with Crippen molar-refractivity contribution in [2.24, 2.45) is 5.92 Å². The standard InChI is InChI=1S/C37H43N7O6/c1-36(2,3)50-35(49)38-29-17-10-5-4-9-16-27-22-37(27,34(47)48)39-32(45)30-21-28(23-43(30)33(29)46)44-41-31(40-42-44)26-15-11-14-25(20-26)19-18-24-12-7-6-8-13-24/h6-9,11-16,18-20,27-30H,4-5,10,17,21-23H2,1-3H3,(H,38,49)(H,39,45)(H,47,48)/b16-9-,19-18+/t27-,28-,29+,30+,37-/m1/s1. The van der Waals surface area contributed by atoms with Gasteiger partial charge in [0.1, 0.15) is 23.2 Å². The van der Waals surface area contributed by atoms with Gasteiger partial charge in [0, 0.05) is 24.4 Å². The van der Waals surface area contributed by atoms with E-state index in [0.717, 1.165) is 23.1 Å². The van der Waals surface area contributed by atoms with Crippen LogP contribution in [0.4, 0.5) is 4.79 Å². The highest BCUT2D eigenvalue weighted by molar-refractivity contribution is 5.96. The number of carbonyl (C=O) groups is 4. The second kappa shape index (κ2) is 14.3. The van der Waals surface area contributed by atoms with Crippen LogP contribution in [0.15, 0.2) is 66.7 Å². The smallest absolute Gasteiger partial charge is 0.408 e. The van der Waals surface area contributed by atoms with E-state index in [1.54, 1.807) is 20.8 Å². The normalized spacial score (nSPS) is 26.3. The fourth-order valence-corrected chi connectivity index (χ4v) is 6.55. The number of tetrazole rings is 1. The Morgan fingerprint density at radius 1 is 1.06 bits per heavy atom. The van der Waals surface area contributed by atoms with Gasteiger partial charge in [0.05, 0.1) is 6.04 Å². The van der Waals surface area contributed by atoms with Crippen molar-refractivity contribution in [1.82, 2.24) is 35.7 Å². The van der Waals surface area contributed by atoms with Crippen LogP contribution < -0.4 is 10.6 Å². The van der Waals surface area contributed by atoms with E-state index < -0.39 is 53.1 Å². The van der Waals surface area contributed by atoms with E-state index in [4.69, 9.17) is 4.74 Å². The first-order valence-corrected chi connectivity index (χ1v) is 17.1. The minimum atomic E-state index is -1.43. The number of carboxylic acid groups (broad SMARTS) is 1. The number of rotatable bonds is 6. The molecule has 3 amide bonds. The Balaban J connectivity index is 1.26. The monoisotopic (exact) mass is 681 g/mol. The van der Waals surface area contributed by atoms with Gasteiger partial charge in [-0.2, -0.15) is 4.80 Å². The predicted octanol–water partition coefficient (Wildman–Crippen LogP) is 4.64. The summed E-state index contributed by atoms with van der Waals surface area (Å²) in [5.41, 5.74) is 0.554. The number of nitrogens with one attached hydrogen (secondary N) is 2. The number of benzene rings is 2. The van der Waals surface area contributed by atoms with Gasteiger partial charge in [0.2, 0.25) is 17.6 Å². The Morgan fingerprint density at radius 2 is 1.82 bits per heavy atom. The summed E-state index contributed by atoms with van der Waals surface area (Å²) < 4.78 is 5.46. The topological polar surface area (TPSA) is 169 Å². The van der Waals surface area contributed by atoms with Crippen molar-refractivity contribution in [3.63, 3.8) is 0 Å². The first kappa shape index (κ1) is 34.5. The molecule has 0 bridgehead atoms. The van der Waals surface area contributed by atoms with E-state index in [0.29, 0.717) is 25.1 Å². The minimum absolute atomic E-state index is 0.0580. The molecule has 3 aliphatic rings. The maximum Gasteiger partial charge on any atom is 0.408 e. The molecule has 1 aliphatic carbocycles. The van der Waals surface area contributed by atoms with Crippen molar-refractivity contribution in [3.8, 4) is 11.4 Å². The van der Waals surface area contributed by atoms with Crippen LogP contribution in [0.3, 0.4) is 0 Å². The molecule has 3 aromatic rings. The molecule has 0 spiro atoms. The molecule has 2 aliphatic heterocycles. The van der Waals surface area contributed by atoms with E-state index >= 15 is 0 Å². The van der Waals surface area contributed by atoms with Gasteiger partial charge >= 0.3 is 12.1 Å². The predicted molar refractivity (Wildman–Crippen MR) is 185 cm³/mol. The summed E-state index contributed by atoms with van der Waals surface area (Å²) in [7, 11) is 0. The zero-order valence-electron chi connectivity index (χ0n) is 28.5. The van der Waals surface area contributed by atoms with Crippen LogP contribution in [0.1, 0.15) is 76.5 Å². The van der Waals surface area contributed by atoms with Crippen LogP contribution in [0, 0.1) is 5.92 Å². The number of fused-ring (bicyclic) bond motifs is 2. The summed E-state index contributed by atoms with van der Waals surface area (Å²) >= 11 is 0. The zero-order valence-corrected chi connectivity index (χ0v) is 28.5. The number of ether oxygens (including phenoxy) is 1. The molecule has 2 aromatic carbocycles. The molecule has 5 atom stereocenters. The number of carboxylic acids is 1. The molecule has 50 heavy (non-hydrogen) atoms. The lowest BCUT2D eigenvalue weighted by atomic mass is 10.0. The van der Waals surface area contributed by atoms with Crippen LogP contribution in [0.5, 0.6) is 0 Å². The van der Waals surface area contributed by atoms with Crippen molar-refractivity contribution >= 4 is 36.0 Å². The number of allylic oxidation sites excluding steroid dienone is 1. The molecule has 1 aromatic heterocycles. The first-order chi connectivity index (χ1) is 23.9. The molecule has 13 heteroatoms. The van der Waals surface area contributed by atoms with E-state index in [2.05, 4.69) is 26.0 Å². The van der Waals surface area contributed by atoms with Gasteiger partial charge in [-0.15, -0.1) is 10.2 Å². The molecule has 13 nitrogen and oxygen atoms in total. The van der Waals surface area contributed by atoms with Gasteiger partial charge in [-0.3, -0.25) is 9.59 Å². The number of carbonyl (C=O) groups excluding carboxylic acids is 3.